The zero-order valence-corrected chi connectivity index (χ0v) is 15.0. The molecule has 0 spiro atoms. The van der Waals surface area contributed by atoms with Crippen LogP contribution in [0.2, 0.25) is 0 Å². The number of hydrogen-bond donors (Lipinski definition) is 0. The van der Waals surface area contributed by atoms with Gasteiger partial charge in [-0.15, -0.1) is 0 Å². The van der Waals surface area contributed by atoms with E-state index in [0.29, 0.717) is 7.92 Å². The highest BCUT2D eigenvalue weighted by atomic mass is 31.1. The summed E-state index contributed by atoms with van der Waals surface area (Å²) in [4.78, 5) is 0. The summed E-state index contributed by atoms with van der Waals surface area (Å²) < 4.78 is 0. The molecule has 4 aliphatic rings. The maximum atomic E-state index is 2.36. The molecule has 4 saturated carbocycles. The molecule has 0 heterocycles. The molecule has 4 bridgehead atoms. The molecule has 4 fully saturated rings. The molecule has 0 aromatic carbocycles. The third kappa shape index (κ3) is 2.96. The van der Waals surface area contributed by atoms with E-state index in [1.54, 1.807) is 63.9 Å². The Kier molecular flexibility index (Phi) is 4.64. The lowest BCUT2D eigenvalue weighted by atomic mass is 9.99. The summed E-state index contributed by atoms with van der Waals surface area (Å²) in [5.74, 6) is 4.70. The molecule has 0 radical (unpaired) electrons. The van der Waals surface area contributed by atoms with Crippen molar-refractivity contribution in [3.8, 4) is 0 Å². The van der Waals surface area contributed by atoms with Crippen LogP contribution in [0.25, 0.3) is 0 Å². The van der Waals surface area contributed by atoms with E-state index in [4.69, 9.17) is 0 Å². The van der Waals surface area contributed by atoms with Gasteiger partial charge in [-0.25, -0.2) is 0 Å². The second-order valence-electron chi connectivity index (χ2n) is 8.78. The Labute approximate surface area is 133 Å². The molecule has 21 heavy (non-hydrogen) atoms. The van der Waals surface area contributed by atoms with Gasteiger partial charge < -0.3 is 0 Å². The van der Waals surface area contributed by atoms with Crippen LogP contribution in [-0.4, -0.2) is 17.5 Å². The van der Waals surface area contributed by atoms with Crippen molar-refractivity contribution < 1.29 is 0 Å². The molecule has 120 valence electrons. The standard InChI is InChI=1S/C20H35P/c1-2-3-4-5-10-21(19-13-15-6-8-17(19)11-15)20-14-16-7-9-18(20)12-16/h15-20H,2-14H2,1H3. The van der Waals surface area contributed by atoms with Gasteiger partial charge in [-0.05, 0) is 86.1 Å². The number of rotatable bonds is 7. The van der Waals surface area contributed by atoms with Gasteiger partial charge in [0.1, 0.15) is 0 Å². The molecule has 4 aliphatic carbocycles. The van der Waals surface area contributed by atoms with Crippen molar-refractivity contribution in [2.75, 3.05) is 6.16 Å². The lowest BCUT2D eigenvalue weighted by Crippen LogP contribution is -2.26. The Bertz CT molecular complexity index is 324. The second kappa shape index (κ2) is 6.51. The average Bonchev–Trinajstić information content (AvgIpc) is 3.27. The molecular weight excluding hydrogens is 271 g/mol. The van der Waals surface area contributed by atoms with Crippen LogP contribution in [0.1, 0.15) is 84.0 Å². The summed E-state index contributed by atoms with van der Waals surface area (Å²) >= 11 is 0. The maximum Gasteiger partial charge on any atom is -0.0176 e. The molecular formula is C20H35P. The SMILES string of the molecule is CCCCCCP(C1CC2CCC1C2)C1CC2CCC1C2. The smallest absolute Gasteiger partial charge is 0.0176 e. The van der Waals surface area contributed by atoms with E-state index in [0.717, 1.165) is 0 Å². The van der Waals surface area contributed by atoms with Gasteiger partial charge in [-0.2, -0.15) is 0 Å². The molecule has 6 atom stereocenters. The minimum Gasteiger partial charge on any atom is -0.0998 e. The molecule has 0 nitrogen and oxygen atoms in total. The molecule has 4 rings (SSSR count). The Balaban J connectivity index is 1.41. The zero-order chi connectivity index (χ0) is 14.2. The van der Waals surface area contributed by atoms with Crippen molar-refractivity contribution >= 4 is 7.92 Å². The Morgan fingerprint density at radius 3 is 1.76 bits per heavy atom. The highest BCUT2D eigenvalue weighted by molar-refractivity contribution is 7.59. The Morgan fingerprint density at radius 1 is 0.714 bits per heavy atom. The van der Waals surface area contributed by atoms with E-state index in [2.05, 4.69) is 6.92 Å². The van der Waals surface area contributed by atoms with E-state index >= 15 is 0 Å². The van der Waals surface area contributed by atoms with Crippen molar-refractivity contribution in [1.82, 2.24) is 0 Å². The third-order valence-electron chi connectivity index (χ3n) is 7.52. The van der Waals surface area contributed by atoms with Crippen LogP contribution in [0.15, 0.2) is 0 Å². The van der Waals surface area contributed by atoms with Crippen LogP contribution in [0, 0.1) is 23.7 Å². The lowest BCUT2D eigenvalue weighted by molar-refractivity contribution is 0.460. The fourth-order valence-electron chi connectivity index (χ4n) is 6.53. The van der Waals surface area contributed by atoms with E-state index in [9.17, 15) is 0 Å². The van der Waals surface area contributed by atoms with Crippen molar-refractivity contribution in [3.05, 3.63) is 0 Å². The predicted octanol–water partition coefficient (Wildman–Crippen LogP) is 6.43. The first-order valence-corrected chi connectivity index (χ1v) is 11.8. The van der Waals surface area contributed by atoms with Gasteiger partial charge in [0.15, 0.2) is 0 Å². The summed E-state index contributed by atoms with van der Waals surface area (Å²) in [7, 11) is 0.391. The predicted molar refractivity (Wildman–Crippen MR) is 94.4 cm³/mol. The second-order valence-corrected chi connectivity index (χ2v) is 11.6. The van der Waals surface area contributed by atoms with Crippen molar-refractivity contribution in [2.24, 2.45) is 23.7 Å². The first-order valence-electron chi connectivity index (χ1n) is 10.1. The quantitative estimate of drug-likeness (QED) is 0.376. The molecule has 0 N–H and O–H groups in total. The number of unbranched alkanes of at least 4 members (excludes halogenated alkanes) is 3. The summed E-state index contributed by atoms with van der Waals surface area (Å²) in [5, 5.41) is 0. The molecule has 6 unspecified atom stereocenters. The highest BCUT2D eigenvalue weighted by Crippen LogP contribution is 2.67. The summed E-state index contributed by atoms with van der Waals surface area (Å²) in [6, 6.07) is 0. The van der Waals surface area contributed by atoms with Crippen LogP contribution < -0.4 is 0 Å². The van der Waals surface area contributed by atoms with Crippen LogP contribution in [0.4, 0.5) is 0 Å². The van der Waals surface area contributed by atoms with Crippen LogP contribution in [0.3, 0.4) is 0 Å². The highest BCUT2D eigenvalue weighted by Gasteiger charge is 2.49. The van der Waals surface area contributed by atoms with Gasteiger partial charge in [-0.1, -0.05) is 46.9 Å². The van der Waals surface area contributed by atoms with Crippen LogP contribution >= 0.6 is 7.92 Å². The van der Waals surface area contributed by atoms with E-state index in [1.165, 1.54) is 54.3 Å². The topological polar surface area (TPSA) is 0 Å². The van der Waals surface area contributed by atoms with Gasteiger partial charge >= 0.3 is 0 Å². The fourth-order valence-corrected chi connectivity index (χ4v) is 11.0. The molecule has 0 amide bonds. The molecule has 0 aromatic rings. The van der Waals surface area contributed by atoms with Gasteiger partial charge in [0.05, 0.1) is 0 Å². The average molecular weight is 306 g/mol. The third-order valence-corrected chi connectivity index (χ3v) is 11.3. The van der Waals surface area contributed by atoms with Crippen molar-refractivity contribution in [3.63, 3.8) is 0 Å². The summed E-state index contributed by atoms with van der Waals surface area (Å²) in [5.41, 5.74) is 2.45. The molecule has 0 aromatic heterocycles. The normalized spacial score (nSPS) is 45.6. The van der Waals surface area contributed by atoms with E-state index in [-0.39, 0.29) is 0 Å². The lowest BCUT2D eigenvalue weighted by Gasteiger charge is -2.39. The minimum absolute atomic E-state index is 0.391. The number of hydrogen-bond acceptors (Lipinski definition) is 0. The van der Waals surface area contributed by atoms with E-state index in [1.807, 2.05) is 0 Å². The van der Waals surface area contributed by atoms with Gasteiger partial charge in [0, 0.05) is 0 Å². The Morgan fingerprint density at radius 2 is 1.33 bits per heavy atom. The molecule has 1 heteroatoms. The van der Waals surface area contributed by atoms with E-state index < -0.39 is 0 Å². The van der Waals surface area contributed by atoms with Gasteiger partial charge in [-0.3, -0.25) is 0 Å². The number of fused-ring (bicyclic) bond motifs is 4. The largest absolute Gasteiger partial charge is 0.0998 e. The van der Waals surface area contributed by atoms with Gasteiger partial charge in [0.2, 0.25) is 0 Å². The summed E-state index contributed by atoms with van der Waals surface area (Å²) in [6.07, 6.45) is 20.7. The van der Waals surface area contributed by atoms with Crippen LogP contribution in [-0.2, 0) is 0 Å². The molecule has 0 saturated heterocycles. The maximum absolute atomic E-state index is 2.36. The minimum atomic E-state index is 0.391. The van der Waals surface area contributed by atoms with Crippen molar-refractivity contribution in [1.29, 1.82) is 0 Å². The molecule has 0 aliphatic heterocycles. The van der Waals surface area contributed by atoms with Crippen LogP contribution in [0.5, 0.6) is 0 Å². The first kappa shape index (κ1) is 15.0. The fraction of sp³-hybridized carbons (Fsp3) is 1.00. The van der Waals surface area contributed by atoms with Gasteiger partial charge in [0.25, 0.3) is 0 Å². The summed E-state index contributed by atoms with van der Waals surface area (Å²) in [6.45, 7) is 2.36. The monoisotopic (exact) mass is 306 g/mol. The zero-order valence-electron chi connectivity index (χ0n) is 14.1. The first-order chi connectivity index (χ1) is 10.3. The van der Waals surface area contributed by atoms with Crippen molar-refractivity contribution in [2.45, 2.75) is 95.3 Å². The Hall–Kier alpha value is 0.430.